The highest BCUT2D eigenvalue weighted by Crippen LogP contribution is 2.52. The molecule has 8 aromatic heterocycles. The van der Waals surface area contributed by atoms with Crippen LogP contribution in [0.3, 0.4) is 0 Å². The van der Waals surface area contributed by atoms with Gasteiger partial charge in [0.2, 0.25) is 0 Å². The lowest BCUT2D eigenvalue weighted by molar-refractivity contribution is -0.124. The zero-order valence-electron chi connectivity index (χ0n) is 60.0. The van der Waals surface area contributed by atoms with Crippen LogP contribution in [0.5, 0.6) is 0 Å². The Morgan fingerprint density at radius 3 is 0.796 bits per heavy atom. The van der Waals surface area contributed by atoms with Gasteiger partial charge >= 0.3 is 0 Å². The first-order valence-electron chi connectivity index (χ1n) is 38.9. The second kappa shape index (κ2) is 42.5. The van der Waals surface area contributed by atoms with Crippen molar-refractivity contribution >= 4 is 114 Å². The number of thiazole rings is 2. The lowest BCUT2D eigenvalue weighted by Crippen LogP contribution is -2.35. The van der Waals surface area contributed by atoms with Crippen molar-refractivity contribution in [3.05, 3.63) is 117 Å². The van der Waals surface area contributed by atoms with Crippen molar-refractivity contribution in [3.63, 3.8) is 0 Å². The number of hydrogen-bond donors (Lipinski definition) is 0. The zero-order chi connectivity index (χ0) is 67.9. The minimum atomic E-state index is -0.0389. The summed E-state index contributed by atoms with van der Waals surface area (Å²) in [5.74, 6) is 0.539. The number of hydrogen-bond acceptors (Lipinski definition) is 12. The maximum absolute atomic E-state index is 16.5. The van der Waals surface area contributed by atoms with E-state index in [4.69, 9.17) is 9.97 Å². The van der Waals surface area contributed by atoms with Crippen LogP contribution in [0.25, 0.3) is 69.9 Å². The van der Waals surface area contributed by atoms with Gasteiger partial charge in [-0.05, 0) is 109 Å². The average molecular weight is 1470 g/mol. The van der Waals surface area contributed by atoms with E-state index in [9.17, 15) is 0 Å². The highest BCUT2D eigenvalue weighted by Gasteiger charge is 2.51. The Morgan fingerprint density at radius 2 is 0.541 bits per heavy atom. The molecule has 0 fully saturated rings. The lowest BCUT2D eigenvalue weighted by Gasteiger charge is -2.29. The van der Waals surface area contributed by atoms with Crippen LogP contribution in [0.1, 0.15) is 295 Å². The summed E-state index contributed by atoms with van der Waals surface area (Å²) in [7, 11) is 0. The molecule has 0 aromatic carbocycles. The van der Waals surface area contributed by atoms with Crippen molar-refractivity contribution in [1.82, 2.24) is 19.8 Å². The fraction of sp³-hybridized carbons (Fsp3) is 0.571. The molecule has 0 aliphatic carbocycles. The SMILES string of the molecule is CCCCCCCCCCCCC(CCCCCCCCCC)CN1C(=O)C2=C(c3ncc(-c4ccc(-c5ccc(-c6cccs6)s5)s4)s3)N(CC(CCCCCCCCCC)CCCCCCCCCCCC)C(=O)C2=C1c1ncc(-c2ccc(-c3ccc(-c4cccs4)s3)s2)s1. The Bertz CT molecular complexity index is 3380. The van der Waals surface area contributed by atoms with Gasteiger partial charge in [0.25, 0.3) is 11.8 Å². The Kier molecular flexibility index (Phi) is 33.2. The van der Waals surface area contributed by atoms with Gasteiger partial charge in [-0.3, -0.25) is 9.59 Å². The number of thiophene rings is 6. The smallest absolute Gasteiger partial charge is 0.261 e. The molecular weight excluding hydrogens is 1350 g/mol. The third-order valence-corrected chi connectivity index (χ3v) is 29.5. The molecule has 0 spiro atoms. The molecule has 2 atom stereocenters. The quantitative estimate of drug-likeness (QED) is 0.0356. The summed E-state index contributed by atoms with van der Waals surface area (Å²) in [5.41, 5.74) is 2.58. The van der Waals surface area contributed by atoms with Gasteiger partial charge < -0.3 is 9.80 Å². The average Bonchev–Trinajstić information content (AvgIpc) is 1.55. The van der Waals surface area contributed by atoms with Crippen molar-refractivity contribution in [3.8, 4) is 58.5 Å². The maximum atomic E-state index is 16.5. The lowest BCUT2D eigenvalue weighted by atomic mass is 9.93. The van der Waals surface area contributed by atoms with Gasteiger partial charge in [0, 0.05) is 74.3 Å². The highest BCUT2D eigenvalue weighted by atomic mass is 32.1. The second-order valence-corrected chi connectivity index (χ2v) is 36.4. The largest absolute Gasteiger partial charge is 0.304 e. The fourth-order valence-electron chi connectivity index (χ4n) is 14.6. The van der Waals surface area contributed by atoms with Gasteiger partial charge in [-0.2, -0.15) is 0 Å². The van der Waals surface area contributed by atoms with E-state index >= 15 is 9.59 Å². The van der Waals surface area contributed by atoms with Crippen LogP contribution >= 0.6 is 90.7 Å². The molecule has 2 aliphatic rings. The molecule has 0 saturated carbocycles. The molecule has 98 heavy (non-hydrogen) atoms. The van der Waals surface area contributed by atoms with Gasteiger partial charge in [-0.15, -0.1) is 90.7 Å². The first kappa shape index (κ1) is 76.5. The predicted octanol–water partition coefficient (Wildman–Crippen LogP) is 29.7. The maximum Gasteiger partial charge on any atom is 0.261 e. The summed E-state index contributed by atoms with van der Waals surface area (Å²) < 4.78 is 0. The van der Waals surface area contributed by atoms with Crippen LogP contribution in [0.15, 0.2) is 107 Å². The van der Waals surface area contributed by atoms with E-state index < -0.39 is 0 Å². The molecule has 0 saturated heterocycles. The molecule has 2 unspecified atom stereocenters. The summed E-state index contributed by atoms with van der Waals surface area (Å²) in [6.07, 6.45) is 54.9. The summed E-state index contributed by atoms with van der Waals surface area (Å²) >= 11 is 14.2. The van der Waals surface area contributed by atoms with E-state index in [1.807, 2.05) is 57.7 Å². The number of aromatic nitrogens is 2. The van der Waals surface area contributed by atoms with Crippen molar-refractivity contribution in [1.29, 1.82) is 0 Å². The Labute approximate surface area is 623 Å². The number of carbonyl (C=O) groups is 2. The molecule has 2 aliphatic heterocycles. The number of nitrogens with zero attached hydrogens (tertiary/aromatic N) is 4. The molecule has 530 valence electrons. The molecule has 0 bridgehead atoms. The van der Waals surface area contributed by atoms with Crippen LogP contribution in [0.4, 0.5) is 0 Å². The molecule has 10 heterocycles. The number of unbranched alkanes of at least 4 members (excludes halogenated alkanes) is 32. The van der Waals surface area contributed by atoms with Crippen LogP contribution in [-0.2, 0) is 9.59 Å². The minimum Gasteiger partial charge on any atom is -0.304 e. The van der Waals surface area contributed by atoms with Crippen LogP contribution in [-0.4, -0.2) is 44.7 Å². The monoisotopic (exact) mass is 1470 g/mol. The summed E-state index contributed by atoms with van der Waals surface area (Å²) in [6.45, 7) is 10.4. The fourth-order valence-corrected chi connectivity index (χ4v) is 22.6. The van der Waals surface area contributed by atoms with Crippen LogP contribution in [0.2, 0.25) is 0 Å². The molecule has 0 radical (unpaired) electrons. The Balaban J connectivity index is 0.994. The predicted molar refractivity (Wildman–Crippen MR) is 436 cm³/mol. The molecule has 0 N–H and O–H groups in total. The molecule has 10 rings (SSSR count). The van der Waals surface area contributed by atoms with E-state index in [0.29, 0.717) is 36.1 Å². The Morgan fingerprint density at radius 1 is 0.296 bits per heavy atom. The number of fused-ring (bicyclic) bond motifs is 1. The number of carbonyl (C=O) groups excluding carboxylic acids is 2. The Hall–Kier alpha value is -4.12. The minimum absolute atomic E-state index is 0.0389. The number of rotatable bonds is 52. The third-order valence-electron chi connectivity index (χ3n) is 20.3. The van der Waals surface area contributed by atoms with Crippen molar-refractivity contribution in [2.45, 2.75) is 285 Å². The van der Waals surface area contributed by atoms with Gasteiger partial charge in [-0.25, -0.2) is 9.97 Å². The second-order valence-electron chi connectivity index (χ2n) is 28.1. The third kappa shape index (κ3) is 22.4. The van der Waals surface area contributed by atoms with E-state index in [-0.39, 0.29) is 11.8 Å². The van der Waals surface area contributed by atoms with E-state index in [1.54, 1.807) is 45.3 Å². The van der Waals surface area contributed by atoms with Crippen molar-refractivity contribution in [2.75, 3.05) is 13.1 Å². The van der Waals surface area contributed by atoms with E-state index in [0.717, 1.165) is 66.6 Å². The molecular formula is C84H114N4O2S8. The first-order chi connectivity index (χ1) is 48.3. The normalized spacial score (nSPS) is 14.0. The van der Waals surface area contributed by atoms with E-state index in [2.05, 4.69) is 121 Å². The zero-order valence-corrected chi connectivity index (χ0v) is 66.5. The molecule has 8 aromatic rings. The molecule has 2 amide bonds. The van der Waals surface area contributed by atoms with Crippen molar-refractivity contribution < 1.29 is 9.59 Å². The van der Waals surface area contributed by atoms with Gasteiger partial charge in [-0.1, -0.05) is 271 Å². The summed E-state index contributed by atoms with van der Waals surface area (Å²) in [4.78, 5) is 62.5. The van der Waals surface area contributed by atoms with Crippen LogP contribution in [0, 0.1) is 11.8 Å². The van der Waals surface area contributed by atoms with Gasteiger partial charge in [0.1, 0.15) is 10.0 Å². The summed E-state index contributed by atoms with van der Waals surface area (Å²) in [6, 6.07) is 26.7. The highest BCUT2D eigenvalue weighted by molar-refractivity contribution is 7.29. The van der Waals surface area contributed by atoms with Crippen LogP contribution < -0.4 is 0 Å². The molecule has 6 nitrogen and oxygen atoms in total. The van der Waals surface area contributed by atoms with E-state index in [1.165, 1.54) is 270 Å². The topological polar surface area (TPSA) is 66.4 Å². The number of amides is 2. The van der Waals surface area contributed by atoms with Gasteiger partial charge in [0.15, 0.2) is 0 Å². The first-order valence-corrected chi connectivity index (χ1v) is 45.5. The van der Waals surface area contributed by atoms with Crippen molar-refractivity contribution in [2.24, 2.45) is 11.8 Å². The van der Waals surface area contributed by atoms with Gasteiger partial charge in [0.05, 0.1) is 32.3 Å². The molecule has 14 heteroatoms. The standard InChI is InChI=1S/C84H114N4O2S8/c1-5-9-13-17-21-25-27-31-35-39-45-63(43-37-33-29-23-19-15-11-7-3)61-87-79(81-85-59-75(97-81)73-55-53-71(95-73)69-51-49-67(93-69)65-47-41-57-91-65)77-78(83(87)89)80(82-86-60-76(98-82)74-56-54-72(96-74)70-52-50-68(94-70)66-48-42-58-92-66)88(84(77)90)62-64(44-38-34-30-24-20-16-12-8-4)46-40-36-32-28-26-22-18-14-10-6-2/h41-42,47-60,63-64H,5-40,43-46,61-62H2,1-4H3. The summed E-state index contributed by atoms with van der Waals surface area (Å²) in [5, 5.41) is 5.85.